The fourth-order valence-corrected chi connectivity index (χ4v) is 4.10. The number of carbonyl (C=O) groups excluding carboxylic acids is 1. The quantitative estimate of drug-likeness (QED) is 0.405. The van der Waals surface area contributed by atoms with E-state index in [4.69, 9.17) is 14.5 Å². The fourth-order valence-electron chi connectivity index (χ4n) is 4.10. The molecule has 1 aromatic heterocycles. The van der Waals surface area contributed by atoms with Crippen LogP contribution in [0.1, 0.15) is 40.3 Å². The van der Waals surface area contributed by atoms with Gasteiger partial charge < -0.3 is 19.4 Å². The Labute approximate surface area is 194 Å². The van der Waals surface area contributed by atoms with E-state index in [1.807, 2.05) is 49.4 Å². The van der Waals surface area contributed by atoms with Crippen LogP contribution in [0.3, 0.4) is 0 Å². The molecule has 0 aliphatic carbocycles. The second kappa shape index (κ2) is 9.77. The van der Waals surface area contributed by atoms with E-state index in [-0.39, 0.29) is 11.9 Å². The summed E-state index contributed by atoms with van der Waals surface area (Å²) < 4.78 is 13.6. The number of nitrogens with one attached hydrogen (secondary N) is 1. The summed E-state index contributed by atoms with van der Waals surface area (Å²) in [5, 5.41) is 3.07. The van der Waals surface area contributed by atoms with Gasteiger partial charge in [0.1, 0.15) is 23.9 Å². The molecule has 1 amide bonds. The van der Waals surface area contributed by atoms with Crippen LogP contribution >= 0.6 is 0 Å². The minimum Gasteiger partial charge on any atom is -0.496 e. The maximum absolute atomic E-state index is 13.0. The number of aryl methyl sites for hydroxylation is 2. The summed E-state index contributed by atoms with van der Waals surface area (Å²) in [7, 11) is 1.56. The predicted molar refractivity (Wildman–Crippen MR) is 130 cm³/mol. The Morgan fingerprint density at radius 3 is 2.45 bits per heavy atom. The molecule has 1 heterocycles. The number of fused-ring (bicyclic) bond motifs is 1. The summed E-state index contributed by atoms with van der Waals surface area (Å²) in [6.45, 7) is 7.15. The van der Waals surface area contributed by atoms with Crippen LogP contribution in [0.15, 0.2) is 66.7 Å². The Kier molecular flexibility index (Phi) is 6.63. The molecular formula is C27H29N3O3. The van der Waals surface area contributed by atoms with Gasteiger partial charge in [0.15, 0.2) is 0 Å². The molecule has 0 aliphatic heterocycles. The molecule has 3 aromatic carbocycles. The van der Waals surface area contributed by atoms with E-state index < -0.39 is 0 Å². The normalized spacial score (nSPS) is 11.9. The highest BCUT2D eigenvalue weighted by molar-refractivity contribution is 5.97. The molecule has 170 valence electrons. The molecule has 6 heteroatoms. The number of hydrogen-bond donors (Lipinski definition) is 1. The second-order valence-electron chi connectivity index (χ2n) is 8.08. The first-order valence-corrected chi connectivity index (χ1v) is 11.1. The topological polar surface area (TPSA) is 65.4 Å². The SMILES string of the molecule is COc1ccccc1C(=O)NC(C)c1nc2ccccc2n1CCOc1c(C)cccc1C. The van der Waals surface area contributed by atoms with Crippen molar-refractivity contribution in [2.24, 2.45) is 0 Å². The monoisotopic (exact) mass is 443 g/mol. The highest BCUT2D eigenvalue weighted by Gasteiger charge is 2.20. The van der Waals surface area contributed by atoms with Gasteiger partial charge in [-0.05, 0) is 56.2 Å². The van der Waals surface area contributed by atoms with Crippen molar-refractivity contribution >= 4 is 16.9 Å². The third-order valence-electron chi connectivity index (χ3n) is 5.74. The fraction of sp³-hybridized carbons (Fsp3) is 0.259. The summed E-state index contributed by atoms with van der Waals surface area (Å²) in [6.07, 6.45) is 0. The lowest BCUT2D eigenvalue weighted by molar-refractivity contribution is 0.0934. The van der Waals surface area contributed by atoms with Crippen molar-refractivity contribution in [2.45, 2.75) is 33.4 Å². The number of carbonyl (C=O) groups is 1. The number of rotatable bonds is 8. The third kappa shape index (κ3) is 4.70. The molecule has 6 nitrogen and oxygen atoms in total. The van der Waals surface area contributed by atoms with E-state index >= 15 is 0 Å². The van der Waals surface area contributed by atoms with Crippen molar-refractivity contribution in [3.8, 4) is 11.5 Å². The second-order valence-corrected chi connectivity index (χ2v) is 8.08. The van der Waals surface area contributed by atoms with Crippen molar-refractivity contribution in [1.29, 1.82) is 0 Å². The molecule has 1 unspecified atom stereocenters. The van der Waals surface area contributed by atoms with Gasteiger partial charge in [0.25, 0.3) is 5.91 Å². The van der Waals surface area contributed by atoms with Gasteiger partial charge >= 0.3 is 0 Å². The van der Waals surface area contributed by atoms with E-state index in [2.05, 4.69) is 35.9 Å². The van der Waals surface area contributed by atoms with Crippen molar-refractivity contribution in [1.82, 2.24) is 14.9 Å². The van der Waals surface area contributed by atoms with Crippen molar-refractivity contribution < 1.29 is 14.3 Å². The standard InChI is InChI=1S/C27H29N3O3/c1-18-10-9-11-19(2)25(18)33-17-16-30-23-14-7-6-13-22(23)29-26(30)20(3)28-27(31)21-12-5-8-15-24(21)32-4/h5-15,20H,16-17H2,1-4H3,(H,28,31). The average molecular weight is 444 g/mol. The molecule has 0 spiro atoms. The molecule has 1 N–H and O–H groups in total. The Balaban J connectivity index is 1.57. The minimum absolute atomic E-state index is 0.203. The van der Waals surface area contributed by atoms with Crippen LogP contribution in [-0.4, -0.2) is 29.2 Å². The van der Waals surface area contributed by atoms with Crippen LogP contribution in [0.25, 0.3) is 11.0 Å². The van der Waals surface area contributed by atoms with Gasteiger partial charge in [-0.15, -0.1) is 0 Å². The molecule has 0 saturated carbocycles. The maximum atomic E-state index is 13.0. The van der Waals surface area contributed by atoms with Crippen LogP contribution in [0.2, 0.25) is 0 Å². The first-order valence-electron chi connectivity index (χ1n) is 11.1. The van der Waals surface area contributed by atoms with Crippen molar-refractivity contribution in [3.63, 3.8) is 0 Å². The lowest BCUT2D eigenvalue weighted by atomic mass is 10.1. The minimum atomic E-state index is -0.310. The molecule has 4 aromatic rings. The summed E-state index contributed by atoms with van der Waals surface area (Å²) in [5.41, 5.74) is 4.62. The number of ether oxygens (including phenoxy) is 2. The molecule has 1 atom stereocenters. The van der Waals surface area contributed by atoms with E-state index in [9.17, 15) is 4.79 Å². The van der Waals surface area contributed by atoms with Gasteiger partial charge in [-0.1, -0.05) is 42.5 Å². The smallest absolute Gasteiger partial charge is 0.255 e. The van der Waals surface area contributed by atoms with E-state index in [0.717, 1.165) is 33.7 Å². The maximum Gasteiger partial charge on any atom is 0.255 e. The third-order valence-corrected chi connectivity index (χ3v) is 5.74. The number of para-hydroxylation sites is 4. The zero-order chi connectivity index (χ0) is 23.4. The molecule has 33 heavy (non-hydrogen) atoms. The van der Waals surface area contributed by atoms with Crippen LogP contribution < -0.4 is 14.8 Å². The summed E-state index contributed by atoms with van der Waals surface area (Å²) in [4.78, 5) is 17.8. The molecular weight excluding hydrogens is 414 g/mol. The van der Waals surface area contributed by atoms with Crippen molar-refractivity contribution in [3.05, 3.63) is 89.2 Å². The van der Waals surface area contributed by atoms with E-state index in [1.54, 1.807) is 19.2 Å². The lowest BCUT2D eigenvalue weighted by Gasteiger charge is -2.18. The Morgan fingerprint density at radius 1 is 1.00 bits per heavy atom. The number of methoxy groups -OCH3 is 1. The van der Waals surface area contributed by atoms with Crippen molar-refractivity contribution in [2.75, 3.05) is 13.7 Å². The van der Waals surface area contributed by atoms with Crippen LogP contribution in [-0.2, 0) is 6.54 Å². The Bertz CT molecular complexity index is 1260. The summed E-state index contributed by atoms with van der Waals surface area (Å²) >= 11 is 0. The summed E-state index contributed by atoms with van der Waals surface area (Å²) in [6, 6.07) is 21.0. The first-order chi connectivity index (χ1) is 16.0. The van der Waals surface area contributed by atoms with Gasteiger partial charge in [-0.25, -0.2) is 4.98 Å². The molecule has 0 aliphatic rings. The number of aromatic nitrogens is 2. The van der Waals surface area contributed by atoms with E-state index in [1.165, 1.54) is 0 Å². The molecule has 0 radical (unpaired) electrons. The molecule has 4 rings (SSSR count). The number of imidazole rings is 1. The van der Waals surface area contributed by atoms with Crippen LogP contribution in [0.4, 0.5) is 0 Å². The molecule has 0 saturated heterocycles. The molecule has 0 fully saturated rings. The zero-order valence-corrected chi connectivity index (χ0v) is 19.5. The van der Waals surface area contributed by atoms with Gasteiger partial charge in [0.05, 0.1) is 36.3 Å². The summed E-state index contributed by atoms with van der Waals surface area (Å²) in [5.74, 6) is 2.04. The van der Waals surface area contributed by atoms with Gasteiger partial charge in [-0.3, -0.25) is 4.79 Å². The lowest BCUT2D eigenvalue weighted by Crippen LogP contribution is -2.29. The van der Waals surface area contributed by atoms with Gasteiger partial charge in [-0.2, -0.15) is 0 Å². The average Bonchev–Trinajstić information content (AvgIpc) is 3.19. The number of benzene rings is 3. The number of nitrogens with zero attached hydrogens (tertiary/aromatic N) is 2. The Hall–Kier alpha value is -3.80. The number of hydrogen-bond acceptors (Lipinski definition) is 4. The van der Waals surface area contributed by atoms with Gasteiger partial charge in [0.2, 0.25) is 0 Å². The highest BCUT2D eigenvalue weighted by Crippen LogP contribution is 2.25. The Morgan fingerprint density at radius 2 is 1.70 bits per heavy atom. The zero-order valence-electron chi connectivity index (χ0n) is 19.5. The van der Waals surface area contributed by atoms with Gasteiger partial charge in [0, 0.05) is 0 Å². The highest BCUT2D eigenvalue weighted by atomic mass is 16.5. The first kappa shape index (κ1) is 22.4. The largest absolute Gasteiger partial charge is 0.496 e. The van der Waals surface area contributed by atoms with Crippen LogP contribution in [0.5, 0.6) is 11.5 Å². The molecule has 0 bridgehead atoms. The van der Waals surface area contributed by atoms with E-state index in [0.29, 0.717) is 24.5 Å². The van der Waals surface area contributed by atoms with Crippen LogP contribution in [0, 0.1) is 13.8 Å². The number of amides is 1. The predicted octanol–water partition coefficient (Wildman–Crippen LogP) is 5.23.